The molecule has 0 radical (unpaired) electrons. The second-order valence-electron chi connectivity index (χ2n) is 4.77. The Morgan fingerprint density at radius 1 is 1.40 bits per heavy atom. The van der Waals surface area contributed by atoms with Gasteiger partial charge < -0.3 is 9.84 Å². The van der Waals surface area contributed by atoms with Gasteiger partial charge in [0, 0.05) is 19.4 Å². The highest BCUT2D eigenvalue weighted by Crippen LogP contribution is 2.20. The summed E-state index contributed by atoms with van der Waals surface area (Å²) >= 11 is 2.13. The van der Waals surface area contributed by atoms with Crippen molar-refractivity contribution in [2.75, 3.05) is 7.11 Å². The molecule has 0 aromatic rings. The lowest BCUT2D eigenvalue weighted by Crippen LogP contribution is -2.31. The highest BCUT2D eigenvalue weighted by molar-refractivity contribution is 14.1. The van der Waals surface area contributed by atoms with Crippen molar-refractivity contribution in [3.63, 3.8) is 0 Å². The third kappa shape index (κ3) is 6.21. The average Bonchev–Trinajstić information content (AvgIpc) is 2.44. The topological polar surface area (TPSA) is 46.5 Å². The van der Waals surface area contributed by atoms with Crippen LogP contribution in [0.15, 0.2) is 21.3 Å². The first kappa shape index (κ1) is 19.4. The highest BCUT2D eigenvalue weighted by Gasteiger charge is 2.26. The van der Waals surface area contributed by atoms with E-state index in [1.807, 2.05) is 17.9 Å². The number of Topliss-reactive ketones (excluding diaryl/α,β-unsaturated/α-hetero) is 1. The molecule has 112 valence electrons. The van der Waals surface area contributed by atoms with Gasteiger partial charge in [0.2, 0.25) is 0 Å². The highest BCUT2D eigenvalue weighted by atomic mass is 127. The molecule has 0 saturated heterocycles. The zero-order valence-electron chi connectivity index (χ0n) is 12.7. The maximum absolute atomic E-state index is 12.2. The number of hydrogen-bond acceptors (Lipinski definition) is 3. The van der Waals surface area contributed by atoms with Crippen LogP contribution in [0.25, 0.3) is 0 Å². The molecule has 0 aromatic heterocycles. The standard InChI is InChI=1S/C16H23IO3/c1-6-7-8-11(2)14(18)9-15(19)13(4)16(20-5)12(3)10-17/h8,10,13-14,16,18H,9H2,1-5H3/b11-8+,12-10+/t13-,14-,16-/m0/s1. The van der Waals surface area contributed by atoms with Crippen LogP contribution in [0, 0.1) is 17.8 Å². The number of ether oxygens (including phenoxy) is 1. The molecule has 0 bridgehead atoms. The van der Waals surface area contributed by atoms with Gasteiger partial charge in [-0.25, -0.2) is 0 Å². The van der Waals surface area contributed by atoms with E-state index in [2.05, 4.69) is 34.4 Å². The minimum atomic E-state index is -0.785. The first-order valence-corrected chi connectivity index (χ1v) is 7.72. The predicted molar refractivity (Wildman–Crippen MR) is 90.6 cm³/mol. The van der Waals surface area contributed by atoms with Crippen LogP contribution in [-0.2, 0) is 9.53 Å². The van der Waals surface area contributed by atoms with Crippen molar-refractivity contribution in [3.05, 3.63) is 21.3 Å². The summed E-state index contributed by atoms with van der Waals surface area (Å²) in [7, 11) is 1.59. The van der Waals surface area contributed by atoms with E-state index in [9.17, 15) is 9.90 Å². The number of hydrogen-bond donors (Lipinski definition) is 1. The molecule has 0 saturated carbocycles. The largest absolute Gasteiger partial charge is 0.388 e. The van der Waals surface area contributed by atoms with Gasteiger partial charge >= 0.3 is 0 Å². The summed E-state index contributed by atoms with van der Waals surface area (Å²) in [5, 5.41) is 10.0. The Hall–Kier alpha value is -0.640. The van der Waals surface area contributed by atoms with Gasteiger partial charge in [0.25, 0.3) is 0 Å². The van der Waals surface area contributed by atoms with Gasteiger partial charge in [-0.2, -0.15) is 0 Å². The molecule has 0 rings (SSSR count). The maximum atomic E-state index is 12.2. The van der Waals surface area contributed by atoms with Crippen molar-refractivity contribution in [1.29, 1.82) is 0 Å². The number of allylic oxidation sites excluding steroid dienone is 1. The monoisotopic (exact) mass is 390 g/mol. The van der Waals surface area contributed by atoms with Crippen molar-refractivity contribution in [1.82, 2.24) is 0 Å². The van der Waals surface area contributed by atoms with Crippen LogP contribution in [0.3, 0.4) is 0 Å². The fourth-order valence-electron chi connectivity index (χ4n) is 1.83. The minimum Gasteiger partial charge on any atom is -0.388 e. The number of carbonyl (C=O) groups excluding carboxylic acids is 1. The van der Waals surface area contributed by atoms with Crippen molar-refractivity contribution >= 4 is 28.4 Å². The molecule has 20 heavy (non-hydrogen) atoms. The van der Waals surface area contributed by atoms with Crippen molar-refractivity contribution in [2.45, 2.75) is 46.3 Å². The number of rotatable bonds is 7. The summed E-state index contributed by atoms with van der Waals surface area (Å²) < 4.78 is 7.29. The van der Waals surface area contributed by atoms with Crippen LogP contribution in [0.1, 0.15) is 34.1 Å². The summed E-state index contributed by atoms with van der Waals surface area (Å²) in [5.41, 5.74) is 1.71. The zero-order valence-corrected chi connectivity index (χ0v) is 14.9. The molecule has 0 amide bonds. The lowest BCUT2D eigenvalue weighted by atomic mass is 9.90. The Kier molecular flexibility index (Phi) is 9.82. The fourth-order valence-corrected chi connectivity index (χ4v) is 2.19. The third-order valence-corrected chi connectivity index (χ3v) is 4.18. The van der Waals surface area contributed by atoms with Crippen LogP contribution < -0.4 is 0 Å². The minimum absolute atomic E-state index is 0.0147. The summed E-state index contributed by atoms with van der Waals surface area (Å²) in [6, 6.07) is 0. The normalized spacial score (nSPS) is 16.9. The number of ketones is 1. The SMILES string of the molecule is CC#C/C=C(\C)[C@@H](O)CC(=O)[C@H](C)[C@@H](OC)/C(C)=C/I. The van der Waals surface area contributed by atoms with E-state index in [1.54, 1.807) is 27.0 Å². The Labute approximate surface area is 135 Å². The molecule has 0 fully saturated rings. The molecule has 0 spiro atoms. The summed E-state index contributed by atoms with van der Waals surface area (Å²) in [5.74, 6) is 5.20. The second kappa shape index (κ2) is 10.1. The van der Waals surface area contributed by atoms with Crippen LogP contribution in [-0.4, -0.2) is 30.2 Å². The van der Waals surface area contributed by atoms with Gasteiger partial charge in [-0.05, 0) is 42.1 Å². The average molecular weight is 390 g/mol. The Bertz CT molecular complexity index is 440. The van der Waals surface area contributed by atoms with E-state index in [0.29, 0.717) is 5.57 Å². The molecule has 3 nitrogen and oxygen atoms in total. The molecule has 3 atom stereocenters. The number of methoxy groups -OCH3 is 1. The Balaban J connectivity index is 4.78. The van der Waals surface area contributed by atoms with Crippen LogP contribution in [0.5, 0.6) is 0 Å². The molecular formula is C16H23IO3. The predicted octanol–water partition coefficient (Wildman–Crippen LogP) is 3.27. The summed E-state index contributed by atoms with van der Waals surface area (Å²) in [4.78, 5) is 12.2. The first-order valence-electron chi connectivity index (χ1n) is 6.48. The van der Waals surface area contributed by atoms with Crippen LogP contribution >= 0.6 is 22.6 Å². The van der Waals surface area contributed by atoms with Gasteiger partial charge in [0.1, 0.15) is 5.78 Å². The van der Waals surface area contributed by atoms with E-state index in [4.69, 9.17) is 4.74 Å². The van der Waals surface area contributed by atoms with Gasteiger partial charge in [0.15, 0.2) is 0 Å². The molecule has 4 heteroatoms. The molecular weight excluding hydrogens is 367 g/mol. The smallest absolute Gasteiger partial charge is 0.141 e. The zero-order chi connectivity index (χ0) is 15.7. The molecule has 1 N–H and O–H groups in total. The third-order valence-electron chi connectivity index (χ3n) is 3.20. The Morgan fingerprint density at radius 2 is 2.00 bits per heavy atom. The fraction of sp³-hybridized carbons (Fsp3) is 0.562. The Morgan fingerprint density at radius 3 is 2.45 bits per heavy atom. The number of carbonyl (C=O) groups is 1. The van der Waals surface area contributed by atoms with E-state index in [1.165, 1.54) is 0 Å². The van der Waals surface area contributed by atoms with Crippen LogP contribution in [0.2, 0.25) is 0 Å². The number of halogens is 1. The van der Waals surface area contributed by atoms with Crippen molar-refractivity contribution in [2.24, 2.45) is 5.92 Å². The summed E-state index contributed by atoms with van der Waals surface area (Å²) in [6.07, 6.45) is 0.703. The first-order chi connectivity index (χ1) is 9.38. The molecule has 0 heterocycles. The quantitative estimate of drug-likeness (QED) is 0.536. The van der Waals surface area contributed by atoms with Gasteiger partial charge in [-0.15, -0.1) is 5.92 Å². The lowest BCUT2D eigenvalue weighted by Gasteiger charge is -2.23. The lowest BCUT2D eigenvalue weighted by molar-refractivity contribution is -0.127. The molecule has 0 unspecified atom stereocenters. The molecule has 0 aliphatic carbocycles. The van der Waals surface area contributed by atoms with Crippen molar-refractivity contribution < 1.29 is 14.6 Å². The van der Waals surface area contributed by atoms with E-state index in [0.717, 1.165) is 5.57 Å². The van der Waals surface area contributed by atoms with E-state index in [-0.39, 0.29) is 24.2 Å². The van der Waals surface area contributed by atoms with Gasteiger partial charge in [-0.3, -0.25) is 4.79 Å². The van der Waals surface area contributed by atoms with Crippen molar-refractivity contribution in [3.8, 4) is 11.8 Å². The maximum Gasteiger partial charge on any atom is 0.141 e. The summed E-state index contributed by atoms with van der Waals surface area (Å²) in [6.45, 7) is 7.27. The van der Waals surface area contributed by atoms with E-state index >= 15 is 0 Å². The number of aliphatic hydroxyl groups is 1. The molecule has 0 aliphatic heterocycles. The van der Waals surface area contributed by atoms with Gasteiger partial charge in [0.05, 0.1) is 12.2 Å². The number of aliphatic hydroxyl groups excluding tert-OH is 1. The van der Waals surface area contributed by atoms with E-state index < -0.39 is 6.10 Å². The van der Waals surface area contributed by atoms with Crippen LogP contribution in [0.4, 0.5) is 0 Å². The van der Waals surface area contributed by atoms with Gasteiger partial charge in [-0.1, -0.05) is 35.4 Å². The second-order valence-corrected chi connectivity index (χ2v) is 5.39. The molecule has 0 aliphatic rings. The molecule has 0 aromatic carbocycles.